The van der Waals surface area contributed by atoms with Crippen molar-refractivity contribution in [2.45, 2.75) is 43.5 Å². The molecule has 0 aromatic heterocycles. The number of carbonyl (C=O) groups excluding carboxylic acids is 1. The molecule has 5 nitrogen and oxygen atoms in total. The van der Waals surface area contributed by atoms with E-state index < -0.39 is 16.0 Å². The van der Waals surface area contributed by atoms with Gasteiger partial charge in [-0.1, -0.05) is 25.0 Å². The molecule has 1 aromatic carbocycles. The molecular formula is C15H21NO4S. The summed E-state index contributed by atoms with van der Waals surface area (Å²) in [6.07, 6.45) is 4.38. The summed E-state index contributed by atoms with van der Waals surface area (Å²) in [4.78, 5) is 11.7. The van der Waals surface area contributed by atoms with Crippen LogP contribution in [0.5, 0.6) is 0 Å². The number of hydrogen-bond acceptors (Lipinski definition) is 4. The third-order valence-corrected chi connectivity index (χ3v) is 5.65. The highest BCUT2D eigenvalue weighted by atomic mass is 32.2. The van der Waals surface area contributed by atoms with Crippen LogP contribution < -0.4 is 4.72 Å². The molecule has 0 radical (unpaired) electrons. The molecule has 1 aliphatic rings. The summed E-state index contributed by atoms with van der Waals surface area (Å²) in [5.41, 5.74) is 0.0612. The van der Waals surface area contributed by atoms with Gasteiger partial charge < -0.3 is 4.74 Å². The maximum absolute atomic E-state index is 12.5. The first-order valence-electron chi connectivity index (χ1n) is 7.15. The molecular weight excluding hydrogens is 290 g/mol. The summed E-state index contributed by atoms with van der Waals surface area (Å²) in [6.45, 7) is 1.88. The fourth-order valence-corrected chi connectivity index (χ4v) is 4.35. The van der Waals surface area contributed by atoms with E-state index in [1.54, 1.807) is 12.1 Å². The van der Waals surface area contributed by atoms with E-state index in [-0.39, 0.29) is 16.5 Å². The maximum atomic E-state index is 12.5. The SMILES string of the molecule is COC(=O)c1ccccc1S(=O)(=O)N[C@@H](C)C1CCCC1. The number of benzene rings is 1. The first-order valence-corrected chi connectivity index (χ1v) is 8.63. The van der Waals surface area contributed by atoms with Gasteiger partial charge in [-0.15, -0.1) is 0 Å². The van der Waals surface area contributed by atoms with Crippen LogP contribution in [0.3, 0.4) is 0 Å². The molecule has 0 amide bonds. The fraction of sp³-hybridized carbons (Fsp3) is 0.533. The van der Waals surface area contributed by atoms with E-state index in [0.29, 0.717) is 5.92 Å². The zero-order valence-electron chi connectivity index (χ0n) is 12.3. The molecule has 0 unspecified atom stereocenters. The number of rotatable bonds is 5. The Morgan fingerprint density at radius 3 is 2.52 bits per heavy atom. The number of ether oxygens (including phenoxy) is 1. The molecule has 6 heteroatoms. The summed E-state index contributed by atoms with van der Waals surface area (Å²) in [5.74, 6) is -0.283. The van der Waals surface area contributed by atoms with Gasteiger partial charge in [0.15, 0.2) is 0 Å². The molecule has 0 bridgehead atoms. The van der Waals surface area contributed by atoms with Crippen molar-refractivity contribution in [1.82, 2.24) is 4.72 Å². The summed E-state index contributed by atoms with van der Waals surface area (Å²) in [5, 5.41) is 0. The average molecular weight is 311 g/mol. The zero-order chi connectivity index (χ0) is 15.5. The zero-order valence-corrected chi connectivity index (χ0v) is 13.2. The minimum atomic E-state index is -3.73. The molecule has 116 valence electrons. The lowest BCUT2D eigenvalue weighted by atomic mass is 10.0. The number of sulfonamides is 1. The molecule has 0 heterocycles. The van der Waals surface area contributed by atoms with Gasteiger partial charge in [0, 0.05) is 6.04 Å². The molecule has 0 saturated heterocycles. The number of methoxy groups -OCH3 is 1. The second-order valence-corrected chi connectivity index (χ2v) is 7.12. The Morgan fingerprint density at radius 1 is 1.29 bits per heavy atom. The van der Waals surface area contributed by atoms with Crippen LogP contribution in [0.15, 0.2) is 29.2 Å². The van der Waals surface area contributed by atoms with E-state index in [0.717, 1.165) is 25.7 Å². The van der Waals surface area contributed by atoms with E-state index in [1.165, 1.54) is 19.2 Å². The Bertz CT molecular complexity index is 606. The standard InChI is InChI=1S/C15H21NO4S/c1-11(12-7-3-4-8-12)16-21(18,19)14-10-6-5-9-13(14)15(17)20-2/h5-6,9-12,16H,3-4,7-8H2,1-2H3/t11-/m0/s1. The van der Waals surface area contributed by atoms with E-state index in [2.05, 4.69) is 9.46 Å². The molecule has 1 atom stereocenters. The summed E-state index contributed by atoms with van der Waals surface area (Å²) in [7, 11) is -2.50. The highest BCUT2D eigenvalue weighted by Gasteiger charge is 2.28. The average Bonchev–Trinajstić information content (AvgIpc) is 3.00. The Hall–Kier alpha value is -1.40. The first kappa shape index (κ1) is 16.0. The van der Waals surface area contributed by atoms with Gasteiger partial charge in [-0.3, -0.25) is 0 Å². The molecule has 1 saturated carbocycles. The van der Waals surface area contributed by atoms with Gasteiger partial charge in [0.25, 0.3) is 0 Å². The summed E-state index contributed by atoms with van der Waals surface area (Å²) >= 11 is 0. The van der Waals surface area contributed by atoms with Crippen LogP contribution in [-0.2, 0) is 14.8 Å². The van der Waals surface area contributed by atoms with Gasteiger partial charge in [-0.25, -0.2) is 17.9 Å². The van der Waals surface area contributed by atoms with Crippen molar-refractivity contribution >= 4 is 16.0 Å². The number of hydrogen-bond donors (Lipinski definition) is 1. The molecule has 0 spiro atoms. The smallest absolute Gasteiger partial charge is 0.339 e. The van der Waals surface area contributed by atoms with Crippen molar-refractivity contribution in [3.63, 3.8) is 0 Å². The van der Waals surface area contributed by atoms with Crippen LogP contribution >= 0.6 is 0 Å². The molecule has 21 heavy (non-hydrogen) atoms. The normalized spacial score (nSPS) is 17.6. The third-order valence-electron chi connectivity index (χ3n) is 4.03. The fourth-order valence-electron chi connectivity index (χ4n) is 2.84. The quantitative estimate of drug-likeness (QED) is 0.847. The largest absolute Gasteiger partial charge is 0.465 e. The predicted molar refractivity (Wildman–Crippen MR) is 79.5 cm³/mol. The Morgan fingerprint density at radius 2 is 1.90 bits per heavy atom. The lowest BCUT2D eigenvalue weighted by Crippen LogP contribution is -2.37. The van der Waals surface area contributed by atoms with E-state index in [1.807, 2.05) is 6.92 Å². The minimum absolute atomic E-state index is 0.0262. The highest BCUT2D eigenvalue weighted by Crippen LogP contribution is 2.28. The molecule has 1 aliphatic carbocycles. The van der Waals surface area contributed by atoms with E-state index in [9.17, 15) is 13.2 Å². The minimum Gasteiger partial charge on any atom is -0.465 e. The van der Waals surface area contributed by atoms with Crippen molar-refractivity contribution in [3.8, 4) is 0 Å². The molecule has 1 N–H and O–H groups in total. The Balaban J connectivity index is 2.25. The third kappa shape index (κ3) is 3.63. The molecule has 2 rings (SSSR count). The monoisotopic (exact) mass is 311 g/mol. The second kappa shape index (κ2) is 6.58. The van der Waals surface area contributed by atoms with Gasteiger partial charge in [0.05, 0.1) is 17.6 Å². The van der Waals surface area contributed by atoms with Crippen LogP contribution in [-0.4, -0.2) is 27.5 Å². The Labute approximate surface area is 125 Å². The first-order chi connectivity index (χ1) is 9.95. The van der Waals surface area contributed by atoms with Gasteiger partial charge in [0.1, 0.15) is 0 Å². The number of esters is 1. The second-order valence-electron chi connectivity index (χ2n) is 5.44. The van der Waals surface area contributed by atoms with Crippen LogP contribution in [0.2, 0.25) is 0 Å². The maximum Gasteiger partial charge on any atom is 0.339 e. The van der Waals surface area contributed by atoms with Gasteiger partial charge in [0.2, 0.25) is 10.0 Å². The van der Waals surface area contributed by atoms with Crippen molar-refractivity contribution in [2.24, 2.45) is 5.92 Å². The lowest BCUT2D eigenvalue weighted by Gasteiger charge is -2.21. The van der Waals surface area contributed by atoms with E-state index in [4.69, 9.17) is 0 Å². The van der Waals surface area contributed by atoms with E-state index >= 15 is 0 Å². The molecule has 1 fully saturated rings. The topological polar surface area (TPSA) is 72.5 Å². The van der Waals surface area contributed by atoms with Crippen molar-refractivity contribution in [2.75, 3.05) is 7.11 Å². The number of nitrogens with one attached hydrogen (secondary N) is 1. The highest BCUT2D eigenvalue weighted by molar-refractivity contribution is 7.89. The van der Waals surface area contributed by atoms with Crippen LogP contribution in [0.1, 0.15) is 43.0 Å². The lowest BCUT2D eigenvalue weighted by molar-refractivity contribution is 0.0596. The van der Waals surface area contributed by atoms with Crippen molar-refractivity contribution in [1.29, 1.82) is 0 Å². The molecule has 0 aliphatic heterocycles. The van der Waals surface area contributed by atoms with Gasteiger partial charge in [-0.05, 0) is 37.8 Å². The Kier molecular flexibility index (Phi) is 5.00. The summed E-state index contributed by atoms with van der Waals surface area (Å²) < 4.78 is 32.4. The van der Waals surface area contributed by atoms with Gasteiger partial charge >= 0.3 is 5.97 Å². The molecule has 1 aromatic rings. The summed E-state index contributed by atoms with van der Waals surface area (Å²) in [6, 6.07) is 5.96. The predicted octanol–water partition coefficient (Wildman–Crippen LogP) is 2.33. The van der Waals surface area contributed by atoms with Crippen LogP contribution in [0.4, 0.5) is 0 Å². The number of carbonyl (C=O) groups is 1. The van der Waals surface area contributed by atoms with Crippen LogP contribution in [0.25, 0.3) is 0 Å². The van der Waals surface area contributed by atoms with Crippen LogP contribution in [0, 0.1) is 5.92 Å². The van der Waals surface area contributed by atoms with Crippen molar-refractivity contribution in [3.05, 3.63) is 29.8 Å². The van der Waals surface area contributed by atoms with Crippen molar-refractivity contribution < 1.29 is 17.9 Å². The van der Waals surface area contributed by atoms with Gasteiger partial charge in [-0.2, -0.15) is 0 Å².